The molecule has 0 atom stereocenters. The molecule has 0 unspecified atom stereocenters. The van der Waals surface area contributed by atoms with E-state index in [0.29, 0.717) is 36.6 Å². The van der Waals surface area contributed by atoms with Crippen LogP contribution in [0, 0.1) is 6.92 Å². The first-order valence-electron chi connectivity index (χ1n) is 11.1. The van der Waals surface area contributed by atoms with Crippen molar-refractivity contribution in [3.63, 3.8) is 0 Å². The summed E-state index contributed by atoms with van der Waals surface area (Å²) in [6, 6.07) is 9.46. The molecule has 0 radical (unpaired) electrons. The number of carbonyl (C=O) groups excluding carboxylic acids is 2. The van der Waals surface area contributed by atoms with Crippen molar-refractivity contribution in [2.75, 3.05) is 36.4 Å². The number of nitrogens with zero attached hydrogens (tertiary/aromatic N) is 3. The molecule has 2 amide bonds. The average Bonchev–Trinajstić information content (AvgIpc) is 3.16. The zero-order valence-corrected chi connectivity index (χ0v) is 19.9. The number of nitrogens with one attached hydrogen (secondary N) is 2. The smallest absolute Gasteiger partial charge is 0.307 e. The molecule has 1 saturated heterocycles. The van der Waals surface area contributed by atoms with Gasteiger partial charge in [-0.2, -0.15) is 0 Å². The number of aromatic amines is 1. The molecule has 3 heterocycles. The molecule has 0 bridgehead atoms. The number of hydrogen-bond acceptors (Lipinski definition) is 7. The fourth-order valence-corrected chi connectivity index (χ4v) is 4.66. The van der Waals surface area contributed by atoms with Crippen molar-refractivity contribution in [3.8, 4) is 5.88 Å². The van der Waals surface area contributed by atoms with Gasteiger partial charge in [-0.05, 0) is 48.7 Å². The summed E-state index contributed by atoms with van der Waals surface area (Å²) in [5, 5.41) is 12.6. The Morgan fingerprint density at radius 1 is 1.18 bits per heavy atom. The number of thiazole rings is 1. The van der Waals surface area contributed by atoms with Crippen LogP contribution in [0.25, 0.3) is 0 Å². The van der Waals surface area contributed by atoms with Crippen LogP contribution in [0.2, 0.25) is 0 Å². The summed E-state index contributed by atoms with van der Waals surface area (Å²) < 4.78 is 0. The molecule has 2 aromatic heterocycles. The van der Waals surface area contributed by atoms with Gasteiger partial charge < -0.3 is 20.2 Å². The van der Waals surface area contributed by atoms with Gasteiger partial charge in [-0.25, -0.2) is 4.98 Å². The Labute approximate surface area is 201 Å². The molecular formula is C24H27N5O4S. The van der Waals surface area contributed by atoms with E-state index in [1.165, 1.54) is 11.1 Å². The van der Waals surface area contributed by atoms with E-state index >= 15 is 0 Å². The van der Waals surface area contributed by atoms with E-state index in [1.54, 1.807) is 17.2 Å². The Balaban J connectivity index is 1.32. The minimum absolute atomic E-state index is 0.00195. The lowest BCUT2D eigenvalue weighted by atomic mass is 10.1. The highest BCUT2D eigenvalue weighted by molar-refractivity contribution is 7.09. The van der Waals surface area contributed by atoms with Crippen molar-refractivity contribution in [1.82, 2.24) is 14.9 Å². The van der Waals surface area contributed by atoms with Gasteiger partial charge in [0.25, 0.3) is 5.91 Å². The van der Waals surface area contributed by atoms with Crippen LogP contribution in [0.4, 0.5) is 11.5 Å². The first-order valence-corrected chi connectivity index (χ1v) is 12.0. The van der Waals surface area contributed by atoms with Gasteiger partial charge in [0.1, 0.15) is 5.82 Å². The Kier molecular flexibility index (Phi) is 6.97. The highest BCUT2D eigenvalue weighted by Gasteiger charge is 2.23. The molecule has 10 heteroatoms. The van der Waals surface area contributed by atoms with Gasteiger partial charge in [0.2, 0.25) is 11.8 Å². The molecular weight excluding hydrogens is 454 g/mol. The third-order valence-corrected chi connectivity index (χ3v) is 6.84. The van der Waals surface area contributed by atoms with E-state index in [9.17, 15) is 19.5 Å². The molecule has 1 aromatic carbocycles. The van der Waals surface area contributed by atoms with Crippen LogP contribution in [0.1, 0.15) is 33.3 Å². The molecule has 1 fully saturated rings. The number of carbonyl (C=O) groups is 2. The molecule has 1 aliphatic rings. The number of rotatable bonds is 6. The van der Waals surface area contributed by atoms with Gasteiger partial charge in [0.15, 0.2) is 0 Å². The zero-order valence-electron chi connectivity index (χ0n) is 19.1. The standard InChI is InChI=1S/C24H27N5O4S/c1-3-16-12-18(6-4-15(16)2)26-22(31)17-5-7-20(25-14-17)28-8-10-29(11-9-28)21(30)13-19-23(32)27-24(33)34-19/h4-7,12,14,32H,3,8-11,13H2,1-2H3,(H,26,31)(H,27,33). The number of aromatic nitrogens is 2. The van der Waals surface area contributed by atoms with Gasteiger partial charge in [-0.1, -0.05) is 24.3 Å². The number of aromatic hydroxyl groups is 1. The second-order valence-corrected chi connectivity index (χ2v) is 9.25. The normalized spacial score (nSPS) is 13.7. The Hall–Kier alpha value is -3.66. The minimum atomic E-state index is -0.377. The number of aryl methyl sites for hydroxylation is 2. The van der Waals surface area contributed by atoms with Crippen LogP contribution < -0.4 is 15.1 Å². The van der Waals surface area contributed by atoms with Crippen molar-refractivity contribution in [2.45, 2.75) is 26.7 Å². The van der Waals surface area contributed by atoms with Gasteiger partial charge in [-0.15, -0.1) is 0 Å². The maximum Gasteiger partial charge on any atom is 0.307 e. The monoisotopic (exact) mass is 481 g/mol. The van der Waals surface area contributed by atoms with Crippen LogP contribution in [-0.2, 0) is 17.6 Å². The molecule has 4 rings (SSSR count). The lowest BCUT2D eigenvalue weighted by Gasteiger charge is -2.35. The largest absolute Gasteiger partial charge is 0.494 e. The third kappa shape index (κ3) is 5.28. The average molecular weight is 482 g/mol. The van der Waals surface area contributed by atoms with E-state index in [4.69, 9.17) is 0 Å². The number of hydrogen-bond donors (Lipinski definition) is 3. The minimum Gasteiger partial charge on any atom is -0.494 e. The van der Waals surface area contributed by atoms with Crippen LogP contribution in [0.3, 0.4) is 0 Å². The molecule has 9 nitrogen and oxygen atoms in total. The Morgan fingerprint density at radius 2 is 1.94 bits per heavy atom. The molecule has 0 spiro atoms. The summed E-state index contributed by atoms with van der Waals surface area (Å²) in [5.41, 5.74) is 3.64. The van der Waals surface area contributed by atoms with Crippen molar-refractivity contribution < 1.29 is 14.7 Å². The second kappa shape index (κ2) is 10.1. The lowest BCUT2D eigenvalue weighted by Crippen LogP contribution is -2.49. The van der Waals surface area contributed by atoms with Crippen molar-refractivity contribution in [1.29, 1.82) is 0 Å². The quantitative estimate of drug-likeness (QED) is 0.498. The zero-order chi connectivity index (χ0) is 24.2. The fraction of sp³-hybridized carbons (Fsp3) is 0.333. The number of H-pyrrole nitrogens is 1. The molecule has 3 N–H and O–H groups in total. The second-order valence-electron chi connectivity index (χ2n) is 8.18. The van der Waals surface area contributed by atoms with Gasteiger partial charge in [-0.3, -0.25) is 19.4 Å². The number of amides is 2. The summed E-state index contributed by atoms with van der Waals surface area (Å²) in [7, 11) is 0. The summed E-state index contributed by atoms with van der Waals surface area (Å²) >= 11 is 0.849. The maximum absolute atomic E-state index is 12.6. The van der Waals surface area contributed by atoms with Gasteiger partial charge in [0.05, 0.1) is 16.9 Å². The van der Waals surface area contributed by atoms with Crippen molar-refractivity contribution in [2.24, 2.45) is 0 Å². The lowest BCUT2D eigenvalue weighted by molar-refractivity contribution is -0.130. The first-order chi connectivity index (χ1) is 16.3. The predicted molar refractivity (Wildman–Crippen MR) is 132 cm³/mol. The highest BCUT2D eigenvalue weighted by atomic mass is 32.1. The maximum atomic E-state index is 12.6. The summed E-state index contributed by atoms with van der Waals surface area (Å²) in [6.45, 7) is 6.36. The molecule has 0 saturated carbocycles. The molecule has 34 heavy (non-hydrogen) atoms. The van der Waals surface area contributed by atoms with E-state index in [2.05, 4.69) is 34.0 Å². The van der Waals surface area contributed by atoms with E-state index in [-0.39, 0.29) is 29.0 Å². The van der Waals surface area contributed by atoms with Crippen LogP contribution in [0.15, 0.2) is 41.3 Å². The van der Waals surface area contributed by atoms with Gasteiger partial charge >= 0.3 is 4.87 Å². The Morgan fingerprint density at radius 3 is 2.56 bits per heavy atom. The van der Waals surface area contributed by atoms with Crippen molar-refractivity contribution in [3.05, 3.63) is 67.8 Å². The topological polar surface area (TPSA) is 119 Å². The SMILES string of the molecule is CCc1cc(NC(=O)c2ccc(N3CCN(C(=O)Cc4sc(=O)[nH]c4O)CC3)nc2)ccc1C. The van der Waals surface area contributed by atoms with Crippen LogP contribution in [-0.4, -0.2) is 58.0 Å². The van der Waals surface area contributed by atoms with E-state index in [1.807, 2.05) is 24.3 Å². The number of pyridine rings is 1. The molecule has 1 aliphatic heterocycles. The summed E-state index contributed by atoms with van der Waals surface area (Å²) in [4.78, 5) is 47.0. The summed E-state index contributed by atoms with van der Waals surface area (Å²) in [5.74, 6) is 0.167. The van der Waals surface area contributed by atoms with E-state index in [0.717, 1.165) is 29.3 Å². The third-order valence-electron chi connectivity index (χ3n) is 5.97. The number of piperazine rings is 1. The fourth-order valence-electron chi connectivity index (χ4n) is 3.95. The van der Waals surface area contributed by atoms with Crippen LogP contribution in [0.5, 0.6) is 5.88 Å². The molecule has 3 aromatic rings. The van der Waals surface area contributed by atoms with E-state index < -0.39 is 0 Å². The number of anilines is 2. The van der Waals surface area contributed by atoms with Crippen molar-refractivity contribution >= 4 is 34.7 Å². The molecule has 178 valence electrons. The Bertz CT molecular complexity index is 1240. The highest BCUT2D eigenvalue weighted by Crippen LogP contribution is 2.20. The molecule has 0 aliphatic carbocycles. The first kappa shape index (κ1) is 23.5. The van der Waals surface area contributed by atoms with Gasteiger partial charge in [0, 0.05) is 38.1 Å². The predicted octanol–water partition coefficient (Wildman–Crippen LogP) is 2.55. The number of benzene rings is 1. The summed E-state index contributed by atoms with van der Waals surface area (Å²) in [6.07, 6.45) is 2.46. The van der Waals surface area contributed by atoms with Crippen LogP contribution >= 0.6 is 11.3 Å².